The van der Waals surface area contributed by atoms with Crippen LogP contribution in [-0.4, -0.2) is 34.1 Å². The van der Waals surface area contributed by atoms with Gasteiger partial charge in [0.25, 0.3) is 5.91 Å². The summed E-state index contributed by atoms with van der Waals surface area (Å²) in [5.41, 5.74) is 5.95. The average molecular weight is 547 g/mol. The molecule has 0 saturated heterocycles. The molecular weight excluding hydrogens is 517 g/mol. The Morgan fingerprint density at radius 2 is 1.77 bits per heavy atom. The van der Waals surface area contributed by atoms with Crippen LogP contribution < -0.4 is 10.6 Å². The molecule has 0 spiro atoms. The summed E-state index contributed by atoms with van der Waals surface area (Å²) in [4.78, 5) is 31.2. The van der Waals surface area contributed by atoms with Crippen LogP contribution >= 0.6 is 0 Å². The van der Waals surface area contributed by atoms with Crippen molar-refractivity contribution in [1.29, 1.82) is 0 Å². The molecule has 1 atom stereocenters. The van der Waals surface area contributed by atoms with Gasteiger partial charge in [0, 0.05) is 23.5 Å². The number of carbonyl (C=O) groups excluding carboxylic acids is 2. The molecule has 0 fully saturated rings. The minimum atomic E-state index is -4.54. The first-order valence-electron chi connectivity index (χ1n) is 13.2. The molecule has 0 saturated carbocycles. The number of imidazole rings is 1. The molecule has 0 bridgehead atoms. The summed E-state index contributed by atoms with van der Waals surface area (Å²) < 4.78 is 41.2. The third-order valence-electron chi connectivity index (χ3n) is 7.26. The number of benzene rings is 3. The summed E-state index contributed by atoms with van der Waals surface area (Å²) in [6, 6.07) is 16.0. The number of alkyl halides is 3. The number of anilines is 1. The van der Waals surface area contributed by atoms with Crippen molar-refractivity contribution in [2.24, 2.45) is 0 Å². The highest BCUT2D eigenvalue weighted by Gasteiger charge is 2.41. The van der Waals surface area contributed by atoms with Gasteiger partial charge < -0.3 is 15.2 Å². The van der Waals surface area contributed by atoms with Crippen molar-refractivity contribution >= 4 is 17.5 Å². The molecule has 1 aromatic heterocycles. The van der Waals surface area contributed by atoms with Crippen LogP contribution in [0.4, 0.5) is 18.9 Å². The molecule has 3 aromatic carbocycles. The van der Waals surface area contributed by atoms with Gasteiger partial charge in [-0.05, 0) is 59.7 Å². The number of aromatic nitrogens is 2. The van der Waals surface area contributed by atoms with Crippen molar-refractivity contribution in [3.05, 3.63) is 101 Å². The zero-order valence-corrected chi connectivity index (χ0v) is 22.2. The largest absolute Gasteiger partial charge is 0.405 e. The molecule has 1 aliphatic carbocycles. The van der Waals surface area contributed by atoms with E-state index >= 15 is 0 Å². The molecule has 6 nitrogen and oxygen atoms in total. The molecular formula is C31H29F3N4O2. The van der Waals surface area contributed by atoms with E-state index in [1.165, 1.54) is 0 Å². The first-order valence-corrected chi connectivity index (χ1v) is 13.2. The van der Waals surface area contributed by atoms with Gasteiger partial charge in [-0.2, -0.15) is 13.2 Å². The van der Waals surface area contributed by atoms with E-state index in [4.69, 9.17) is 0 Å². The van der Waals surface area contributed by atoms with E-state index in [0.717, 1.165) is 24.0 Å². The summed E-state index contributed by atoms with van der Waals surface area (Å²) in [6.07, 6.45) is 2.85. The van der Waals surface area contributed by atoms with Gasteiger partial charge >= 0.3 is 6.18 Å². The van der Waals surface area contributed by atoms with Crippen LogP contribution in [0.15, 0.2) is 73.3 Å². The highest BCUT2D eigenvalue weighted by molar-refractivity contribution is 6.11. The number of hydrogen-bond acceptors (Lipinski definition) is 3. The highest BCUT2D eigenvalue weighted by atomic mass is 19.4. The number of carbonyl (C=O) groups is 2. The lowest BCUT2D eigenvalue weighted by Crippen LogP contribution is -2.37. The maximum Gasteiger partial charge on any atom is 0.405 e. The minimum Gasteiger partial charge on any atom is -0.346 e. The van der Waals surface area contributed by atoms with Crippen LogP contribution in [-0.2, 0) is 11.2 Å². The normalized spacial score (nSPS) is 14.0. The first-order chi connectivity index (χ1) is 19.2. The van der Waals surface area contributed by atoms with E-state index < -0.39 is 24.5 Å². The predicted molar refractivity (Wildman–Crippen MR) is 148 cm³/mol. The average Bonchev–Trinajstić information content (AvgIpc) is 3.58. The molecule has 5 rings (SSSR count). The SMILES string of the molecule is CCCCc1c(C)c(-n2ccnc2)c(NC(=O)c2ccccc2)c2c1C(C(=O)NCC(F)(F)F)c1ccccc1-2. The highest BCUT2D eigenvalue weighted by Crippen LogP contribution is 2.53. The second-order valence-electron chi connectivity index (χ2n) is 9.86. The van der Waals surface area contributed by atoms with Crippen molar-refractivity contribution in [1.82, 2.24) is 14.9 Å². The second kappa shape index (κ2) is 11.0. The van der Waals surface area contributed by atoms with Crippen molar-refractivity contribution in [3.63, 3.8) is 0 Å². The van der Waals surface area contributed by atoms with Crippen LogP contribution in [0, 0.1) is 6.92 Å². The van der Waals surface area contributed by atoms with Crippen molar-refractivity contribution < 1.29 is 22.8 Å². The molecule has 2 N–H and O–H groups in total. The number of fused-ring (bicyclic) bond motifs is 3. The molecule has 4 aromatic rings. The van der Waals surface area contributed by atoms with Gasteiger partial charge in [-0.1, -0.05) is 55.8 Å². The zero-order valence-electron chi connectivity index (χ0n) is 22.2. The minimum absolute atomic E-state index is 0.340. The molecule has 206 valence electrons. The Balaban J connectivity index is 1.79. The van der Waals surface area contributed by atoms with Crippen LogP contribution in [0.3, 0.4) is 0 Å². The summed E-state index contributed by atoms with van der Waals surface area (Å²) in [6.45, 7) is 2.56. The van der Waals surface area contributed by atoms with Crippen LogP contribution in [0.25, 0.3) is 16.8 Å². The summed E-state index contributed by atoms with van der Waals surface area (Å²) in [7, 11) is 0. The summed E-state index contributed by atoms with van der Waals surface area (Å²) >= 11 is 0. The second-order valence-corrected chi connectivity index (χ2v) is 9.86. The Morgan fingerprint density at radius 3 is 2.45 bits per heavy atom. The lowest BCUT2D eigenvalue weighted by Gasteiger charge is -2.25. The molecule has 0 radical (unpaired) electrons. The van der Waals surface area contributed by atoms with E-state index in [1.54, 1.807) is 55.1 Å². The lowest BCUT2D eigenvalue weighted by atomic mass is 9.85. The van der Waals surface area contributed by atoms with E-state index in [2.05, 4.69) is 22.5 Å². The van der Waals surface area contributed by atoms with Crippen molar-refractivity contribution in [2.75, 3.05) is 11.9 Å². The predicted octanol–water partition coefficient (Wildman–Crippen LogP) is 6.57. The lowest BCUT2D eigenvalue weighted by molar-refractivity contribution is -0.138. The molecule has 1 unspecified atom stereocenters. The van der Waals surface area contributed by atoms with Gasteiger partial charge in [0.1, 0.15) is 6.54 Å². The summed E-state index contributed by atoms with van der Waals surface area (Å²) in [5, 5.41) is 5.21. The van der Waals surface area contributed by atoms with Crippen LogP contribution in [0.2, 0.25) is 0 Å². The zero-order chi connectivity index (χ0) is 28.4. The molecule has 9 heteroatoms. The van der Waals surface area contributed by atoms with Gasteiger partial charge in [0.15, 0.2) is 0 Å². The molecule has 1 heterocycles. The monoisotopic (exact) mass is 546 g/mol. The Kier molecular flexibility index (Phi) is 7.47. The number of nitrogens with one attached hydrogen (secondary N) is 2. The Morgan fingerprint density at radius 1 is 1.05 bits per heavy atom. The van der Waals surface area contributed by atoms with Gasteiger partial charge in [0.05, 0.1) is 23.6 Å². The van der Waals surface area contributed by atoms with Crippen molar-refractivity contribution in [3.8, 4) is 16.8 Å². The quantitative estimate of drug-likeness (QED) is 0.263. The number of nitrogens with zero attached hydrogens (tertiary/aromatic N) is 2. The first kappa shape index (κ1) is 27.2. The molecule has 2 amide bonds. The van der Waals surface area contributed by atoms with Gasteiger partial charge in [-0.15, -0.1) is 0 Å². The van der Waals surface area contributed by atoms with E-state index in [9.17, 15) is 22.8 Å². The number of halogens is 3. The van der Waals surface area contributed by atoms with Gasteiger partial charge in [-0.25, -0.2) is 4.98 Å². The number of amides is 2. The number of rotatable bonds is 8. The fourth-order valence-corrected chi connectivity index (χ4v) is 5.52. The van der Waals surface area contributed by atoms with Crippen LogP contribution in [0.1, 0.15) is 58.3 Å². The third-order valence-corrected chi connectivity index (χ3v) is 7.26. The Bertz CT molecular complexity index is 1550. The molecule has 40 heavy (non-hydrogen) atoms. The van der Waals surface area contributed by atoms with E-state index in [1.807, 2.05) is 29.7 Å². The van der Waals surface area contributed by atoms with Crippen LogP contribution in [0.5, 0.6) is 0 Å². The van der Waals surface area contributed by atoms with E-state index in [-0.39, 0.29) is 5.91 Å². The third kappa shape index (κ3) is 5.11. The standard InChI is InChI=1S/C31H29F3N4O2/c1-3-4-12-21-19(2)28(38-16-15-35-18-38)27(37-29(39)20-10-6-5-7-11-20)25-22-13-8-9-14-23(22)26(24(21)25)30(40)36-17-31(32,33)34/h5-11,13-16,18,26H,3-4,12,17H2,1-2H3,(H,36,40)(H,37,39). The van der Waals surface area contributed by atoms with Gasteiger partial charge in [-0.3, -0.25) is 9.59 Å². The maximum atomic E-state index is 13.5. The Labute approximate surface area is 230 Å². The maximum absolute atomic E-state index is 13.5. The van der Waals surface area contributed by atoms with Crippen molar-refractivity contribution in [2.45, 2.75) is 45.2 Å². The fraction of sp³-hybridized carbons (Fsp3) is 0.258. The topological polar surface area (TPSA) is 76.0 Å². The molecule has 1 aliphatic rings. The number of hydrogen-bond donors (Lipinski definition) is 2. The fourth-order valence-electron chi connectivity index (χ4n) is 5.52. The Hall–Kier alpha value is -4.40. The smallest absolute Gasteiger partial charge is 0.346 e. The summed E-state index contributed by atoms with van der Waals surface area (Å²) in [5.74, 6) is -2.02. The molecule has 0 aliphatic heterocycles. The van der Waals surface area contributed by atoms with Gasteiger partial charge in [0.2, 0.25) is 5.91 Å². The van der Waals surface area contributed by atoms with E-state index in [0.29, 0.717) is 45.6 Å². The number of unbranched alkanes of at least 4 members (excludes halogenated alkanes) is 1.